The standard InChI is InChI=1S/C23H26F2N2O2/c1-13-4-8-16(9-5-13)20(17-10-6-14(2)7-11-17)27-23(29)18-12-15(3)19(21(24)25)26-22(18)28/h4-11,15,18-21H,12H2,1-3H3,(H,26,28)(H,27,29). The van der Waals surface area contributed by atoms with Crippen LogP contribution in [-0.2, 0) is 9.59 Å². The number of aryl methyl sites for hydroxylation is 2. The summed E-state index contributed by atoms with van der Waals surface area (Å²) in [4.78, 5) is 25.3. The summed E-state index contributed by atoms with van der Waals surface area (Å²) in [5, 5.41) is 5.28. The fourth-order valence-corrected chi connectivity index (χ4v) is 3.69. The van der Waals surface area contributed by atoms with Gasteiger partial charge in [-0.25, -0.2) is 8.78 Å². The Morgan fingerprint density at radius 3 is 1.93 bits per heavy atom. The van der Waals surface area contributed by atoms with E-state index < -0.39 is 42.2 Å². The van der Waals surface area contributed by atoms with Crippen LogP contribution in [0.5, 0.6) is 0 Å². The van der Waals surface area contributed by atoms with Crippen LogP contribution in [0.2, 0.25) is 0 Å². The minimum atomic E-state index is -2.65. The summed E-state index contributed by atoms with van der Waals surface area (Å²) < 4.78 is 26.2. The van der Waals surface area contributed by atoms with E-state index in [1.54, 1.807) is 6.92 Å². The highest BCUT2D eigenvalue weighted by atomic mass is 19.3. The third kappa shape index (κ3) is 4.81. The van der Waals surface area contributed by atoms with E-state index in [2.05, 4.69) is 10.6 Å². The lowest BCUT2D eigenvalue weighted by atomic mass is 9.84. The average Bonchev–Trinajstić information content (AvgIpc) is 2.69. The Kier molecular flexibility index (Phi) is 6.30. The van der Waals surface area contributed by atoms with Gasteiger partial charge in [-0.3, -0.25) is 9.59 Å². The zero-order valence-electron chi connectivity index (χ0n) is 16.8. The van der Waals surface area contributed by atoms with Crippen LogP contribution in [0.3, 0.4) is 0 Å². The summed E-state index contributed by atoms with van der Waals surface area (Å²) in [6.45, 7) is 5.60. The average molecular weight is 400 g/mol. The molecule has 0 bridgehead atoms. The predicted molar refractivity (Wildman–Crippen MR) is 108 cm³/mol. The lowest BCUT2D eigenvalue weighted by molar-refractivity contribution is -0.141. The molecule has 1 saturated heterocycles. The van der Waals surface area contributed by atoms with E-state index in [-0.39, 0.29) is 6.42 Å². The molecule has 0 aromatic heterocycles. The number of benzene rings is 2. The zero-order chi connectivity index (χ0) is 21.1. The molecule has 1 aliphatic rings. The first kappa shape index (κ1) is 21.0. The number of rotatable bonds is 5. The molecule has 1 heterocycles. The minimum Gasteiger partial charge on any atom is -0.347 e. The highest BCUT2D eigenvalue weighted by molar-refractivity contribution is 6.01. The highest BCUT2D eigenvalue weighted by Crippen LogP contribution is 2.28. The molecule has 0 saturated carbocycles. The first-order valence-electron chi connectivity index (χ1n) is 9.78. The molecule has 154 valence electrons. The topological polar surface area (TPSA) is 58.2 Å². The SMILES string of the molecule is Cc1ccc(C(NC(=O)C2CC(C)C(C(F)F)NC2=O)c2ccc(C)cc2)cc1. The van der Waals surface area contributed by atoms with Crippen LogP contribution in [0.25, 0.3) is 0 Å². The molecule has 3 rings (SSSR count). The maximum atomic E-state index is 13.1. The van der Waals surface area contributed by atoms with Gasteiger partial charge >= 0.3 is 0 Å². The molecule has 3 unspecified atom stereocenters. The largest absolute Gasteiger partial charge is 0.347 e. The van der Waals surface area contributed by atoms with Gasteiger partial charge in [0, 0.05) is 0 Å². The van der Waals surface area contributed by atoms with Crippen LogP contribution >= 0.6 is 0 Å². The monoisotopic (exact) mass is 400 g/mol. The maximum Gasteiger partial charge on any atom is 0.258 e. The number of halogens is 2. The van der Waals surface area contributed by atoms with Crippen molar-refractivity contribution >= 4 is 11.8 Å². The van der Waals surface area contributed by atoms with Crippen molar-refractivity contribution in [3.05, 3.63) is 70.8 Å². The quantitative estimate of drug-likeness (QED) is 0.748. The van der Waals surface area contributed by atoms with E-state index in [0.29, 0.717) is 0 Å². The Balaban J connectivity index is 1.84. The van der Waals surface area contributed by atoms with Crippen molar-refractivity contribution in [1.82, 2.24) is 10.6 Å². The number of hydrogen-bond donors (Lipinski definition) is 2. The zero-order valence-corrected chi connectivity index (χ0v) is 16.8. The summed E-state index contributed by atoms with van der Waals surface area (Å²) in [5.74, 6) is -2.57. The van der Waals surface area contributed by atoms with Crippen molar-refractivity contribution in [2.45, 2.75) is 45.7 Å². The van der Waals surface area contributed by atoms with Gasteiger partial charge in [0.15, 0.2) is 0 Å². The second kappa shape index (κ2) is 8.72. The maximum absolute atomic E-state index is 13.1. The van der Waals surface area contributed by atoms with Crippen LogP contribution in [0.1, 0.15) is 41.6 Å². The van der Waals surface area contributed by atoms with E-state index in [0.717, 1.165) is 22.3 Å². The Morgan fingerprint density at radius 2 is 1.48 bits per heavy atom. The second-order valence-electron chi connectivity index (χ2n) is 7.90. The van der Waals surface area contributed by atoms with Gasteiger partial charge in [0.1, 0.15) is 5.92 Å². The van der Waals surface area contributed by atoms with Crippen LogP contribution in [-0.4, -0.2) is 24.3 Å². The number of carbonyl (C=O) groups excluding carboxylic acids is 2. The summed E-state index contributed by atoms with van der Waals surface area (Å²) in [6.07, 6.45) is -2.55. The van der Waals surface area contributed by atoms with Crippen molar-refractivity contribution in [2.75, 3.05) is 0 Å². The Morgan fingerprint density at radius 1 is 1.00 bits per heavy atom. The molecule has 4 nitrogen and oxygen atoms in total. The van der Waals surface area contributed by atoms with E-state index >= 15 is 0 Å². The number of hydrogen-bond acceptors (Lipinski definition) is 2. The smallest absolute Gasteiger partial charge is 0.258 e. The van der Waals surface area contributed by atoms with Gasteiger partial charge in [0.05, 0.1) is 12.1 Å². The minimum absolute atomic E-state index is 0.0984. The molecule has 3 atom stereocenters. The molecule has 2 aromatic carbocycles. The van der Waals surface area contributed by atoms with Crippen LogP contribution in [0, 0.1) is 25.7 Å². The van der Waals surface area contributed by atoms with Crippen molar-refractivity contribution < 1.29 is 18.4 Å². The van der Waals surface area contributed by atoms with Gasteiger partial charge in [-0.05, 0) is 37.3 Å². The van der Waals surface area contributed by atoms with Crippen molar-refractivity contribution in [1.29, 1.82) is 0 Å². The summed E-state index contributed by atoms with van der Waals surface area (Å²) in [7, 11) is 0. The fraction of sp³-hybridized carbons (Fsp3) is 0.391. The molecule has 1 aliphatic heterocycles. The molecule has 2 N–H and O–H groups in total. The van der Waals surface area contributed by atoms with Crippen molar-refractivity contribution in [3.63, 3.8) is 0 Å². The molecular weight excluding hydrogens is 374 g/mol. The second-order valence-corrected chi connectivity index (χ2v) is 7.90. The molecule has 0 spiro atoms. The molecular formula is C23H26F2N2O2. The number of carbonyl (C=O) groups is 2. The summed E-state index contributed by atoms with van der Waals surface area (Å²) in [5.41, 5.74) is 3.98. The van der Waals surface area contributed by atoms with Crippen LogP contribution in [0.15, 0.2) is 48.5 Å². The van der Waals surface area contributed by atoms with E-state index in [1.807, 2.05) is 62.4 Å². The first-order valence-corrected chi connectivity index (χ1v) is 9.78. The Bertz CT molecular complexity index is 820. The lowest BCUT2D eigenvalue weighted by Gasteiger charge is -2.34. The van der Waals surface area contributed by atoms with Crippen LogP contribution < -0.4 is 10.6 Å². The third-order valence-corrected chi connectivity index (χ3v) is 5.54. The van der Waals surface area contributed by atoms with E-state index in [1.165, 1.54) is 0 Å². The van der Waals surface area contributed by atoms with Gasteiger partial charge in [0.2, 0.25) is 11.8 Å². The predicted octanol–water partition coefficient (Wildman–Crippen LogP) is 3.91. The Labute approximate surface area is 169 Å². The molecule has 0 aliphatic carbocycles. The normalized spacial score (nSPS) is 21.9. The van der Waals surface area contributed by atoms with Crippen molar-refractivity contribution in [3.8, 4) is 0 Å². The van der Waals surface area contributed by atoms with Gasteiger partial charge < -0.3 is 10.6 Å². The summed E-state index contributed by atoms with van der Waals surface area (Å²) in [6, 6.07) is 14.0. The third-order valence-electron chi connectivity index (χ3n) is 5.54. The number of alkyl halides is 2. The van der Waals surface area contributed by atoms with Gasteiger partial charge in [-0.15, -0.1) is 0 Å². The molecule has 2 aromatic rings. The highest BCUT2D eigenvalue weighted by Gasteiger charge is 2.41. The summed E-state index contributed by atoms with van der Waals surface area (Å²) >= 11 is 0. The number of piperidine rings is 1. The molecule has 29 heavy (non-hydrogen) atoms. The van der Waals surface area contributed by atoms with Gasteiger partial charge in [-0.1, -0.05) is 66.6 Å². The van der Waals surface area contributed by atoms with E-state index in [9.17, 15) is 18.4 Å². The van der Waals surface area contributed by atoms with Crippen molar-refractivity contribution in [2.24, 2.45) is 11.8 Å². The molecule has 1 fully saturated rings. The van der Waals surface area contributed by atoms with Crippen LogP contribution in [0.4, 0.5) is 8.78 Å². The Hall–Kier alpha value is -2.76. The fourth-order valence-electron chi connectivity index (χ4n) is 3.69. The lowest BCUT2D eigenvalue weighted by Crippen LogP contribution is -2.55. The van der Waals surface area contributed by atoms with E-state index in [4.69, 9.17) is 0 Å². The molecule has 2 amide bonds. The number of nitrogens with one attached hydrogen (secondary N) is 2. The molecule has 6 heteroatoms. The van der Waals surface area contributed by atoms with Gasteiger partial charge in [0.25, 0.3) is 6.43 Å². The van der Waals surface area contributed by atoms with Gasteiger partial charge in [-0.2, -0.15) is 0 Å². The first-order chi connectivity index (χ1) is 13.8. The number of amides is 2. The molecule has 0 radical (unpaired) electrons.